The highest BCUT2D eigenvalue weighted by Gasteiger charge is 2.46. The van der Waals surface area contributed by atoms with E-state index in [0.717, 1.165) is 67.0 Å². The molecule has 1 aliphatic carbocycles. The predicted octanol–water partition coefficient (Wildman–Crippen LogP) is 13.0. The van der Waals surface area contributed by atoms with Crippen molar-refractivity contribution in [1.82, 2.24) is 24.9 Å². The molecule has 0 N–H and O–H groups in total. The molecule has 0 atom stereocenters. The monoisotopic (exact) mass is 779 g/mol. The van der Waals surface area contributed by atoms with Crippen LogP contribution in [-0.4, -0.2) is 24.9 Å². The van der Waals surface area contributed by atoms with Gasteiger partial charge in [-0.3, -0.25) is 0 Å². The molecule has 0 saturated heterocycles. The van der Waals surface area contributed by atoms with Crippen LogP contribution >= 0.6 is 0 Å². The molecule has 0 unspecified atom stereocenters. The molecular weight excluding hydrogens is 743 g/mol. The summed E-state index contributed by atoms with van der Waals surface area (Å²) in [5.74, 6) is 1.17. The minimum Gasteiger partial charge on any atom is -0.236 e. The maximum absolute atomic E-state index is 5.17. The molecule has 286 valence electrons. The van der Waals surface area contributed by atoms with Crippen LogP contribution in [-0.2, 0) is 5.41 Å². The van der Waals surface area contributed by atoms with Crippen LogP contribution in [0.2, 0.25) is 0 Å². The van der Waals surface area contributed by atoms with Gasteiger partial charge in [0.1, 0.15) is 12.7 Å². The molecule has 0 amide bonds. The third-order valence-electron chi connectivity index (χ3n) is 11.8. The highest BCUT2D eigenvalue weighted by Crippen LogP contribution is 2.57. The minimum absolute atomic E-state index is 0.565. The van der Waals surface area contributed by atoms with Crippen molar-refractivity contribution in [3.63, 3.8) is 0 Å². The van der Waals surface area contributed by atoms with Gasteiger partial charge in [-0.2, -0.15) is 0 Å². The van der Waals surface area contributed by atoms with Crippen molar-refractivity contribution >= 4 is 0 Å². The van der Waals surface area contributed by atoms with Crippen LogP contribution < -0.4 is 0 Å². The minimum atomic E-state index is -0.612. The first kappa shape index (κ1) is 36.0. The molecule has 5 nitrogen and oxygen atoms in total. The van der Waals surface area contributed by atoms with Gasteiger partial charge in [0.2, 0.25) is 0 Å². The van der Waals surface area contributed by atoms with Gasteiger partial charge in [-0.05, 0) is 92.0 Å². The van der Waals surface area contributed by atoms with Gasteiger partial charge in [0.05, 0.1) is 16.8 Å². The van der Waals surface area contributed by atoms with Crippen LogP contribution in [0, 0.1) is 0 Å². The Hall–Kier alpha value is -8.15. The van der Waals surface area contributed by atoms with Crippen LogP contribution in [0.1, 0.15) is 22.3 Å². The van der Waals surface area contributed by atoms with Crippen LogP contribution in [0.4, 0.5) is 0 Å². The van der Waals surface area contributed by atoms with Gasteiger partial charge in [0.25, 0.3) is 0 Å². The average Bonchev–Trinajstić information content (AvgIpc) is 3.65. The molecule has 2 aromatic heterocycles. The topological polar surface area (TPSA) is 64.5 Å². The molecule has 0 spiro atoms. The van der Waals surface area contributed by atoms with Crippen LogP contribution in [0.15, 0.2) is 225 Å². The number of benzene rings is 8. The van der Waals surface area contributed by atoms with E-state index in [1.807, 2.05) is 42.5 Å². The number of nitrogens with zero attached hydrogens (tertiary/aromatic N) is 5. The maximum Gasteiger partial charge on any atom is 0.164 e. The van der Waals surface area contributed by atoms with Gasteiger partial charge in [-0.15, -0.1) is 0 Å². The van der Waals surface area contributed by atoms with Crippen molar-refractivity contribution in [3.05, 3.63) is 247 Å². The molecular formula is C56H37N5. The summed E-state index contributed by atoms with van der Waals surface area (Å²) in [6, 6.07) is 74.9. The third-order valence-corrected chi connectivity index (χ3v) is 11.8. The van der Waals surface area contributed by atoms with Crippen LogP contribution in [0.5, 0.6) is 0 Å². The molecule has 0 bridgehead atoms. The quantitative estimate of drug-likeness (QED) is 0.154. The average molecular weight is 780 g/mol. The third kappa shape index (κ3) is 6.31. The van der Waals surface area contributed by atoms with Gasteiger partial charge in [-0.25, -0.2) is 24.9 Å². The molecule has 0 radical (unpaired) electrons. The van der Waals surface area contributed by atoms with E-state index < -0.39 is 5.41 Å². The molecule has 11 rings (SSSR count). The van der Waals surface area contributed by atoms with Crippen molar-refractivity contribution in [3.8, 4) is 78.7 Å². The molecule has 0 fully saturated rings. The molecule has 8 aromatic carbocycles. The number of hydrogen-bond acceptors (Lipinski definition) is 5. The van der Waals surface area contributed by atoms with E-state index in [9.17, 15) is 0 Å². The summed E-state index contributed by atoms with van der Waals surface area (Å²) < 4.78 is 0. The van der Waals surface area contributed by atoms with E-state index in [-0.39, 0.29) is 0 Å². The van der Waals surface area contributed by atoms with Crippen molar-refractivity contribution in [1.29, 1.82) is 0 Å². The molecule has 0 aliphatic heterocycles. The fourth-order valence-corrected chi connectivity index (χ4v) is 9.07. The summed E-state index contributed by atoms with van der Waals surface area (Å²) in [5.41, 5.74) is 16.2. The Kier molecular flexibility index (Phi) is 8.98. The lowest BCUT2D eigenvalue weighted by Crippen LogP contribution is -2.28. The lowest BCUT2D eigenvalue weighted by atomic mass is 9.67. The highest BCUT2D eigenvalue weighted by atomic mass is 15.0. The second kappa shape index (κ2) is 15.2. The van der Waals surface area contributed by atoms with E-state index in [0.29, 0.717) is 11.6 Å². The van der Waals surface area contributed by atoms with Crippen molar-refractivity contribution in [2.75, 3.05) is 0 Å². The summed E-state index contributed by atoms with van der Waals surface area (Å²) in [6.45, 7) is 0. The first-order valence-corrected chi connectivity index (χ1v) is 20.5. The lowest BCUT2D eigenvalue weighted by molar-refractivity contribution is 0.768. The smallest absolute Gasteiger partial charge is 0.164 e. The Morgan fingerprint density at radius 2 is 0.770 bits per heavy atom. The zero-order chi connectivity index (χ0) is 40.6. The first-order valence-electron chi connectivity index (χ1n) is 20.5. The van der Waals surface area contributed by atoms with Gasteiger partial charge in [-0.1, -0.05) is 176 Å². The van der Waals surface area contributed by atoms with Crippen molar-refractivity contribution < 1.29 is 0 Å². The SMILES string of the molecule is c1ccc(-c2cc(-c3ccccc3)cc(-c3cc(-c4cc5c(cc4-c4ncnc(-c6ccccc6)n4)C(c4ccccc4)(c4ccccc4)c4ccccc4-5)ncn3)c2)cc1. The predicted molar refractivity (Wildman–Crippen MR) is 245 cm³/mol. The fourth-order valence-electron chi connectivity index (χ4n) is 9.07. The summed E-state index contributed by atoms with van der Waals surface area (Å²) >= 11 is 0. The Bertz CT molecular complexity index is 3070. The molecule has 61 heavy (non-hydrogen) atoms. The summed E-state index contributed by atoms with van der Waals surface area (Å²) in [6.07, 6.45) is 3.29. The van der Waals surface area contributed by atoms with E-state index in [2.05, 4.69) is 175 Å². The van der Waals surface area contributed by atoms with E-state index in [1.165, 1.54) is 22.3 Å². The Labute approximate surface area is 354 Å². The van der Waals surface area contributed by atoms with E-state index >= 15 is 0 Å². The molecule has 0 saturated carbocycles. The Balaban J connectivity index is 1.17. The number of rotatable bonds is 8. The van der Waals surface area contributed by atoms with E-state index in [4.69, 9.17) is 19.9 Å². The van der Waals surface area contributed by atoms with Gasteiger partial charge in [0.15, 0.2) is 11.6 Å². The Morgan fingerprint density at radius 1 is 0.279 bits per heavy atom. The second-order valence-corrected chi connectivity index (χ2v) is 15.3. The highest BCUT2D eigenvalue weighted by molar-refractivity contribution is 5.94. The largest absolute Gasteiger partial charge is 0.236 e. The second-order valence-electron chi connectivity index (χ2n) is 15.3. The molecule has 10 aromatic rings. The molecule has 5 heteroatoms. The maximum atomic E-state index is 5.17. The number of hydrogen-bond donors (Lipinski definition) is 0. The summed E-state index contributed by atoms with van der Waals surface area (Å²) in [7, 11) is 0. The summed E-state index contributed by atoms with van der Waals surface area (Å²) in [5, 5.41) is 0. The normalized spacial score (nSPS) is 12.4. The molecule has 1 aliphatic rings. The molecule has 2 heterocycles. The van der Waals surface area contributed by atoms with Crippen molar-refractivity contribution in [2.24, 2.45) is 0 Å². The van der Waals surface area contributed by atoms with Crippen LogP contribution in [0.3, 0.4) is 0 Å². The zero-order valence-corrected chi connectivity index (χ0v) is 33.1. The standard InChI is InChI=1S/C56H37N5/c1-6-18-38(19-7-1)41-30-42(39-20-8-2-9-21-39)32-43(31-41)52-35-53(58-36-57-52)48-33-47-46-28-16-17-29-50(46)56(44-24-12-4-13-25-44,45-26-14-5-15-27-45)51(47)34-49(48)55-60-37-59-54(61-55)40-22-10-3-11-23-40/h1-37H. The lowest BCUT2D eigenvalue weighted by Gasteiger charge is -2.34. The number of aromatic nitrogens is 5. The first-order chi connectivity index (χ1) is 30.2. The van der Waals surface area contributed by atoms with Gasteiger partial charge < -0.3 is 0 Å². The van der Waals surface area contributed by atoms with Gasteiger partial charge >= 0.3 is 0 Å². The van der Waals surface area contributed by atoms with Crippen LogP contribution in [0.25, 0.3) is 78.7 Å². The fraction of sp³-hybridized carbons (Fsp3) is 0.0179. The van der Waals surface area contributed by atoms with Crippen molar-refractivity contribution in [2.45, 2.75) is 5.41 Å². The van der Waals surface area contributed by atoms with Gasteiger partial charge in [0, 0.05) is 22.3 Å². The van der Waals surface area contributed by atoms with E-state index in [1.54, 1.807) is 12.7 Å². The number of fused-ring (bicyclic) bond motifs is 3. The summed E-state index contributed by atoms with van der Waals surface area (Å²) in [4.78, 5) is 24.6. The Morgan fingerprint density at radius 3 is 1.39 bits per heavy atom. The zero-order valence-electron chi connectivity index (χ0n) is 33.1.